The van der Waals surface area contributed by atoms with E-state index in [2.05, 4.69) is 22.1 Å². The number of nitrogens with zero attached hydrogens (tertiary/aromatic N) is 1. The largest absolute Gasteiger partial charge is 0.314 e. The molecule has 2 heteroatoms. The molecule has 1 rings (SSSR count). The van der Waals surface area contributed by atoms with Crippen molar-refractivity contribution in [3.63, 3.8) is 0 Å². The molecule has 1 aliphatic heterocycles. The molecule has 1 saturated heterocycles. The zero-order chi connectivity index (χ0) is 7.40. The minimum absolute atomic E-state index is 0.625. The van der Waals surface area contributed by atoms with Crippen molar-refractivity contribution in [2.45, 2.75) is 0 Å². The van der Waals surface area contributed by atoms with Gasteiger partial charge < -0.3 is 5.32 Å². The molecule has 0 aromatic carbocycles. The van der Waals surface area contributed by atoms with Gasteiger partial charge in [0.15, 0.2) is 0 Å². The van der Waals surface area contributed by atoms with E-state index in [1.54, 1.807) is 0 Å². The van der Waals surface area contributed by atoms with Crippen molar-refractivity contribution < 1.29 is 0 Å². The van der Waals surface area contributed by atoms with E-state index in [1.807, 2.05) is 14.1 Å². The van der Waals surface area contributed by atoms with Crippen LogP contribution in [0, 0.1) is 17.8 Å². The zero-order valence-corrected chi connectivity index (χ0v) is 6.65. The average molecular weight is 138 g/mol. The molecule has 1 heterocycles. The Bertz CT molecular complexity index is 148. The SMILES string of the molecule is CN(C)CC#CC1CNC1. The molecule has 0 aromatic heterocycles. The van der Waals surface area contributed by atoms with Crippen LogP contribution in [0.2, 0.25) is 0 Å². The number of hydrogen-bond acceptors (Lipinski definition) is 2. The predicted molar refractivity (Wildman–Crippen MR) is 42.7 cm³/mol. The summed E-state index contributed by atoms with van der Waals surface area (Å²) >= 11 is 0. The number of nitrogens with one attached hydrogen (secondary N) is 1. The fourth-order valence-corrected chi connectivity index (χ4v) is 0.739. The van der Waals surface area contributed by atoms with Crippen LogP contribution in [-0.2, 0) is 0 Å². The molecule has 0 aliphatic carbocycles. The molecule has 0 aromatic rings. The van der Waals surface area contributed by atoms with Crippen LogP contribution in [-0.4, -0.2) is 38.6 Å². The topological polar surface area (TPSA) is 15.3 Å². The average Bonchev–Trinajstić information content (AvgIpc) is 1.75. The third-order valence-electron chi connectivity index (χ3n) is 1.48. The van der Waals surface area contributed by atoms with E-state index in [9.17, 15) is 0 Å². The molecule has 0 spiro atoms. The molecule has 2 nitrogen and oxygen atoms in total. The molecule has 0 atom stereocenters. The Balaban J connectivity index is 2.12. The smallest absolute Gasteiger partial charge is 0.0596 e. The van der Waals surface area contributed by atoms with E-state index in [4.69, 9.17) is 0 Å². The lowest BCUT2D eigenvalue weighted by Crippen LogP contribution is -2.41. The van der Waals surface area contributed by atoms with E-state index in [0.29, 0.717) is 5.92 Å². The van der Waals surface area contributed by atoms with Gasteiger partial charge in [-0.05, 0) is 14.1 Å². The first-order valence-corrected chi connectivity index (χ1v) is 3.63. The first kappa shape index (κ1) is 7.59. The van der Waals surface area contributed by atoms with Gasteiger partial charge in [-0.2, -0.15) is 0 Å². The fraction of sp³-hybridized carbons (Fsp3) is 0.750. The van der Waals surface area contributed by atoms with Crippen molar-refractivity contribution in [2.75, 3.05) is 33.7 Å². The van der Waals surface area contributed by atoms with Crippen molar-refractivity contribution in [1.82, 2.24) is 10.2 Å². The highest BCUT2D eigenvalue weighted by atomic mass is 15.0. The van der Waals surface area contributed by atoms with E-state index in [0.717, 1.165) is 19.6 Å². The maximum absolute atomic E-state index is 3.20. The van der Waals surface area contributed by atoms with Crippen molar-refractivity contribution in [2.24, 2.45) is 5.92 Å². The Hall–Kier alpha value is -0.520. The van der Waals surface area contributed by atoms with Gasteiger partial charge in [0.1, 0.15) is 0 Å². The van der Waals surface area contributed by atoms with E-state index in [-0.39, 0.29) is 0 Å². The van der Waals surface area contributed by atoms with Crippen LogP contribution in [0.1, 0.15) is 0 Å². The van der Waals surface area contributed by atoms with Gasteiger partial charge in [0.25, 0.3) is 0 Å². The van der Waals surface area contributed by atoms with Crippen LogP contribution in [0.5, 0.6) is 0 Å². The van der Waals surface area contributed by atoms with E-state index in [1.165, 1.54) is 0 Å². The second-order valence-electron chi connectivity index (χ2n) is 2.91. The Kier molecular flexibility index (Phi) is 2.73. The molecule has 0 radical (unpaired) electrons. The second-order valence-corrected chi connectivity index (χ2v) is 2.91. The molecule has 0 saturated carbocycles. The zero-order valence-electron chi connectivity index (χ0n) is 6.65. The molecule has 0 amide bonds. The quantitative estimate of drug-likeness (QED) is 0.504. The third kappa shape index (κ3) is 2.38. The molecule has 56 valence electrons. The Morgan fingerprint density at radius 1 is 1.50 bits per heavy atom. The Morgan fingerprint density at radius 3 is 2.60 bits per heavy atom. The number of rotatable bonds is 1. The highest BCUT2D eigenvalue weighted by Gasteiger charge is 2.12. The summed E-state index contributed by atoms with van der Waals surface area (Å²) in [6.07, 6.45) is 0. The first-order valence-electron chi connectivity index (χ1n) is 3.63. The lowest BCUT2D eigenvalue weighted by molar-refractivity contribution is 0.429. The van der Waals surface area contributed by atoms with Gasteiger partial charge in [0.2, 0.25) is 0 Å². The fourth-order valence-electron chi connectivity index (χ4n) is 0.739. The van der Waals surface area contributed by atoms with Gasteiger partial charge in [0, 0.05) is 19.0 Å². The summed E-state index contributed by atoms with van der Waals surface area (Å²) in [7, 11) is 4.07. The second kappa shape index (κ2) is 3.60. The van der Waals surface area contributed by atoms with Crippen molar-refractivity contribution in [1.29, 1.82) is 0 Å². The summed E-state index contributed by atoms with van der Waals surface area (Å²) in [5.74, 6) is 6.94. The molecular weight excluding hydrogens is 124 g/mol. The van der Waals surface area contributed by atoms with Gasteiger partial charge in [0.05, 0.1) is 6.54 Å². The molecule has 1 fully saturated rings. The normalized spacial score (nSPS) is 17.9. The van der Waals surface area contributed by atoms with E-state index < -0.39 is 0 Å². The monoisotopic (exact) mass is 138 g/mol. The van der Waals surface area contributed by atoms with Gasteiger partial charge >= 0.3 is 0 Å². The molecule has 1 aliphatic rings. The standard InChI is InChI=1S/C8H14N2/c1-10(2)5-3-4-8-6-9-7-8/h8-9H,5-7H2,1-2H3. The van der Waals surface area contributed by atoms with Gasteiger partial charge in [-0.1, -0.05) is 11.8 Å². The van der Waals surface area contributed by atoms with E-state index >= 15 is 0 Å². The van der Waals surface area contributed by atoms with Crippen molar-refractivity contribution in [3.8, 4) is 11.8 Å². The summed E-state index contributed by atoms with van der Waals surface area (Å²) < 4.78 is 0. The van der Waals surface area contributed by atoms with Crippen LogP contribution in [0.15, 0.2) is 0 Å². The molecular formula is C8H14N2. The summed E-state index contributed by atoms with van der Waals surface area (Å²) in [6, 6.07) is 0. The van der Waals surface area contributed by atoms with Gasteiger partial charge in [-0.3, -0.25) is 4.90 Å². The summed E-state index contributed by atoms with van der Waals surface area (Å²) in [6.45, 7) is 3.05. The number of hydrogen-bond donors (Lipinski definition) is 1. The van der Waals surface area contributed by atoms with Crippen LogP contribution in [0.3, 0.4) is 0 Å². The molecule has 1 N–H and O–H groups in total. The van der Waals surface area contributed by atoms with Crippen molar-refractivity contribution >= 4 is 0 Å². The highest BCUT2D eigenvalue weighted by Crippen LogP contribution is 1.98. The minimum Gasteiger partial charge on any atom is -0.314 e. The van der Waals surface area contributed by atoms with Crippen LogP contribution in [0.25, 0.3) is 0 Å². The minimum atomic E-state index is 0.625. The van der Waals surface area contributed by atoms with Gasteiger partial charge in [-0.25, -0.2) is 0 Å². The molecule has 10 heavy (non-hydrogen) atoms. The molecule has 0 unspecified atom stereocenters. The van der Waals surface area contributed by atoms with Gasteiger partial charge in [-0.15, -0.1) is 0 Å². The molecule has 0 bridgehead atoms. The summed E-state index contributed by atoms with van der Waals surface area (Å²) in [4.78, 5) is 2.08. The first-order chi connectivity index (χ1) is 4.79. The lowest BCUT2D eigenvalue weighted by Gasteiger charge is -2.21. The predicted octanol–water partition coefficient (Wildman–Crippen LogP) is -0.229. The van der Waals surface area contributed by atoms with Crippen LogP contribution >= 0.6 is 0 Å². The maximum Gasteiger partial charge on any atom is 0.0596 e. The maximum atomic E-state index is 3.20. The van der Waals surface area contributed by atoms with Crippen LogP contribution < -0.4 is 5.32 Å². The summed E-state index contributed by atoms with van der Waals surface area (Å²) in [5, 5.41) is 3.18. The van der Waals surface area contributed by atoms with Crippen molar-refractivity contribution in [3.05, 3.63) is 0 Å². The van der Waals surface area contributed by atoms with Crippen LogP contribution in [0.4, 0.5) is 0 Å². The summed E-state index contributed by atoms with van der Waals surface area (Å²) in [5.41, 5.74) is 0. The Morgan fingerprint density at radius 2 is 2.20 bits per heavy atom. The third-order valence-corrected chi connectivity index (χ3v) is 1.48. The Labute approximate surface area is 62.6 Å². The highest BCUT2D eigenvalue weighted by molar-refractivity contribution is 5.09. The lowest BCUT2D eigenvalue weighted by atomic mass is 10.1.